The van der Waals surface area contributed by atoms with Gasteiger partial charge in [0, 0.05) is 12.6 Å². The lowest BCUT2D eigenvalue weighted by atomic mass is 10.2. The van der Waals surface area contributed by atoms with Crippen LogP contribution in [0.25, 0.3) is 0 Å². The number of amides is 2. The molecule has 5 heteroatoms. The maximum Gasteiger partial charge on any atom is 0.260 e. The summed E-state index contributed by atoms with van der Waals surface area (Å²) in [6.07, 6.45) is 0. The zero-order chi connectivity index (χ0) is 15.8. The topological polar surface area (TPSA) is 58.6 Å². The predicted molar refractivity (Wildman–Crippen MR) is 82.2 cm³/mol. The molecule has 0 radical (unpaired) electrons. The largest absolute Gasteiger partial charge is 0.484 e. The Morgan fingerprint density at radius 3 is 2.62 bits per heavy atom. The molecule has 0 bridgehead atoms. The lowest BCUT2D eigenvalue weighted by molar-refractivity contribution is -0.137. The molecule has 1 rings (SSSR count). The average Bonchev–Trinajstić information content (AvgIpc) is 2.41. The minimum absolute atomic E-state index is 0.0602. The fraction of sp³-hybridized carbons (Fsp3) is 0.500. The third-order valence-electron chi connectivity index (χ3n) is 2.87. The summed E-state index contributed by atoms with van der Waals surface area (Å²) >= 11 is 0. The lowest BCUT2D eigenvalue weighted by Crippen LogP contribution is -2.44. The summed E-state index contributed by atoms with van der Waals surface area (Å²) in [4.78, 5) is 25.3. The van der Waals surface area contributed by atoms with Crippen molar-refractivity contribution in [3.63, 3.8) is 0 Å². The van der Waals surface area contributed by atoms with Gasteiger partial charge in [-0.2, -0.15) is 0 Å². The molecule has 5 nitrogen and oxygen atoms in total. The van der Waals surface area contributed by atoms with Crippen LogP contribution in [-0.4, -0.2) is 42.5 Å². The highest BCUT2D eigenvalue weighted by Crippen LogP contribution is 2.12. The number of benzene rings is 1. The Bertz CT molecular complexity index is 486. The van der Waals surface area contributed by atoms with Crippen LogP contribution in [0, 0.1) is 6.92 Å². The molecule has 0 aliphatic carbocycles. The number of nitrogens with one attached hydrogen (secondary N) is 1. The Balaban J connectivity index is 2.49. The highest BCUT2D eigenvalue weighted by Gasteiger charge is 2.16. The number of rotatable bonds is 7. The van der Waals surface area contributed by atoms with Crippen molar-refractivity contribution in [2.45, 2.75) is 33.7 Å². The molecule has 1 aromatic carbocycles. The van der Waals surface area contributed by atoms with Crippen molar-refractivity contribution in [1.82, 2.24) is 10.2 Å². The Hall–Kier alpha value is -2.04. The summed E-state index contributed by atoms with van der Waals surface area (Å²) in [7, 11) is 0. The molecule has 0 heterocycles. The standard InChI is InChI=1S/C16H24N2O3/c1-5-18(10-15(19)17-12(2)3)16(20)11-21-14-8-6-7-13(4)9-14/h6-9,12H,5,10-11H2,1-4H3,(H,17,19). The van der Waals surface area contributed by atoms with Gasteiger partial charge in [0.1, 0.15) is 5.75 Å². The van der Waals surface area contributed by atoms with Crippen molar-refractivity contribution >= 4 is 11.8 Å². The van der Waals surface area contributed by atoms with Crippen molar-refractivity contribution in [2.24, 2.45) is 0 Å². The van der Waals surface area contributed by atoms with E-state index in [2.05, 4.69) is 5.32 Å². The van der Waals surface area contributed by atoms with E-state index in [1.165, 1.54) is 4.90 Å². The van der Waals surface area contributed by atoms with Crippen molar-refractivity contribution in [2.75, 3.05) is 19.7 Å². The van der Waals surface area contributed by atoms with Gasteiger partial charge in [0.15, 0.2) is 6.61 Å². The Morgan fingerprint density at radius 2 is 2.05 bits per heavy atom. The monoisotopic (exact) mass is 292 g/mol. The molecular formula is C16H24N2O3. The van der Waals surface area contributed by atoms with Crippen LogP contribution in [-0.2, 0) is 9.59 Å². The second-order valence-corrected chi connectivity index (χ2v) is 5.24. The van der Waals surface area contributed by atoms with E-state index < -0.39 is 0 Å². The van der Waals surface area contributed by atoms with Crippen LogP contribution in [0.3, 0.4) is 0 Å². The fourth-order valence-corrected chi connectivity index (χ4v) is 1.86. The zero-order valence-electron chi connectivity index (χ0n) is 13.2. The van der Waals surface area contributed by atoms with E-state index in [4.69, 9.17) is 4.74 Å². The fourth-order valence-electron chi connectivity index (χ4n) is 1.86. The maximum absolute atomic E-state index is 12.1. The summed E-state index contributed by atoms with van der Waals surface area (Å²) < 4.78 is 5.47. The Morgan fingerprint density at radius 1 is 1.33 bits per heavy atom. The van der Waals surface area contributed by atoms with E-state index in [9.17, 15) is 9.59 Å². The van der Waals surface area contributed by atoms with Crippen molar-refractivity contribution in [3.05, 3.63) is 29.8 Å². The minimum Gasteiger partial charge on any atom is -0.484 e. The lowest BCUT2D eigenvalue weighted by Gasteiger charge is -2.21. The number of likely N-dealkylation sites (N-methyl/N-ethyl adjacent to an activating group) is 1. The summed E-state index contributed by atoms with van der Waals surface area (Å²) in [5, 5.41) is 2.77. The van der Waals surface area contributed by atoms with Gasteiger partial charge >= 0.3 is 0 Å². The molecule has 0 aliphatic heterocycles. The van der Waals surface area contributed by atoms with Crippen LogP contribution in [0.1, 0.15) is 26.3 Å². The highest BCUT2D eigenvalue weighted by molar-refractivity contribution is 5.85. The van der Waals surface area contributed by atoms with E-state index in [-0.39, 0.29) is 31.0 Å². The molecule has 1 aromatic rings. The molecule has 1 N–H and O–H groups in total. The van der Waals surface area contributed by atoms with Crippen LogP contribution >= 0.6 is 0 Å². The van der Waals surface area contributed by atoms with Crippen LogP contribution < -0.4 is 10.1 Å². The van der Waals surface area contributed by atoms with Crippen molar-refractivity contribution in [3.8, 4) is 5.75 Å². The molecule has 0 fully saturated rings. The van der Waals surface area contributed by atoms with Crippen LogP contribution in [0.2, 0.25) is 0 Å². The molecule has 0 saturated carbocycles. The zero-order valence-corrected chi connectivity index (χ0v) is 13.2. The molecule has 2 amide bonds. The van der Waals surface area contributed by atoms with E-state index in [0.717, 1.165) is 5.56 Å². The van der Waals surface area contributed by atoms with Gasteiger partial charge in [0.2, 0.25) is 5.91 Å². The van der Waals surface area contributed by atoms with E-state index in [1.54, 1.807) is 0 Å². The minimum atomic E-state index is -0.196. The summed E-state index contributed by atoms with van der Waals surface area (Å²) in [6, 6.07) is 7.58. The molecule has 0 aromatic heterocycles. The molecular weight excluding hydrogens is 268 g/mol. The van der Waals surface area contributed by atoms with Gasteiger partial charge < -0.3 is 15.0 Å². The maximum atomic E-state index is 12.1. The molecule has 116 valence electrons. The summed E-state index contributed by atoms with van der Waals surface area (Å²) in [5.74, 6) is 0.305. The van der Waals surface area contributed by atoms with E-state index in [0.29, 0.717) is 12.3 Å². The number of hydrogen-bond donors (Lipinski definition) is 1. The van der Waals surface area contributed by atoms with Crippen LogP contribution in [0.5, 0.6) is 5.75 Å². The number of ether oxygens (including phenoxy) is 1. The van der Waals surface area contributed by atoms with Crippen LogP contribution in [0.4, 0.5) is 0 Å². The molecule has 0 saturated heterocycles. The van der Waals surface area contributed by atoms with Gasteiger partial charge in [-0.15, -0.1) is 0 Å². The van der Waals surface area contributed by atoms with Gasteiger partial charge in [-0.1, -0.05) is 12.1 Å². The molecule has 0 aliphatic rings. The first kappa shape index (κ1) is 17.0. The number of nitrogens with zero attached hydrogens (tertiary/aromatic N) is 1. The molecule has 0 atom stereocenters. The average molecular weight is 292 g/mol. The molecule has 0 spiro atoms. The van der Waals surface area contributed by atoms with Gasteiger partial charge in [0.25, 0.3) is 5.91 Å². The second-order valence-electron chi connectivity index (χ2n) is 5.24. The quantitative estimate of drug-likeness (QED) is 0.833. The second kappa shape index (κ2) is 8.29. The highest BCUT2D eigenvalue weighted by atomic mass is 16.5. The van der Waals surface area contributed by atoms with E-state index >= 15 is 0 Å². The molecule has 0 unspecified atom stereocenters. The van der Waals surface area contributed by atoms with Gasteiger partial charge in [-0.3, -0.25) is 9.59 Å². The third kappa shape index (κ3) is 6.29. The van der Waals surface area contributed by atoms with Gasteiger partial charge in [-0.25, -0.2) is 0 Å². The van der Waals surface area contributed by atoms with Crippen LogP contribution in [0.15, 0.2) is 24.3 Å². The smallest absolute Gasteiger partial charge is 0.260 e. The number of hydrogen-bond acceptors (Lipinski definition) is 3. The normalized spacial score (nSPS) is 10.3. The van der Waals surface area contributed by atoms with Crippen molar-refractivity contribution in [1.29, 1.82) is 0 Å². The SMILES string of the molecule is CCN(CC(=O)NC(C)C)C(=O)COc1cccc(C)c1. The molecule has 21 heavy (non-hydrogen) atoms. The summed E-state index contributed by atoms with van der Waals surface area (Å²) in [6.45, 7) is 8.04. The number of carbonyl (C=O) groups excluding carboxylic acids is 2. The first-order valence-corrected chi connectivity index (χ1v) is 7.19. The first-order chi connectivity index (χ1) is 9.92. The van der Waals surface area contributed by atoms with E-state index in [1.807, 2.05) is 52.0 Å². The third-order valence-corrected chi connectivity index (χ3v) is 2.87. The Labute approximate surface area is 126 Å². The Kier molecular flexibility index (Phi) is 6.72. The van der Waals surface area contributed by atoms with Crippen molar-refractivity contribution < 1.29 is 14.3 Å². The first-order valence-electron chi connectivity index (χ1n) is 7.19. The predicted octanol–water partition coefficient (Wildman–Crippen LogP) is 1.75. The number of carbonyl (C=O) groups is 2. The summed E-state index contributed by atoms with van der Waals surface area (Å²) in [5.41, 5.74) is 1.07. The van der Waals surface area contributed by atoms with Gasteiger partial charge in [0.05, 0.1) is 6.54 Å². The van der Waals surface area contributed by atoms with Gasteiger partial charge in [-0.05, 0) is 45.4 Å². The number of aryl methyl sites for hydroxylation is 1.